The van der Waals surface area contributed by atoms with Crippen LogP contribution in [0.15, 0.2) is 47.8 Å². The number of aromatic nitrogens is 2. The van der Waals surface area contributed by atoms with Crippen LogP contribution in [0.2, 0.25) is 0 Å². The zero-order valence-electron chi connectivity index (χ0n) is 19.2. The molecule has 0 saturated carbocycles. The highest BCUT2D eigenvalue weighted by Crippen LogP contribution is 2.43. The van der Waals surface area contributed by atoms with Crippen LogP contribution in [0.1, 0.15) is 85.9 Å². The summed E-state index contributed by atoms with van der Waals surface area (Å²) in [5.41, 5.74) is 2.51. The van der Waals surface area contributed by atoms with Crippen molar-refractivity contribution in [3.63, 3.8) is 0 Å². The highest BCUT2D eigenvalue weighted by Gasteiger charge is 2.40. The van der Waals surface area contributed by atoms with Crippen LogP contribution in [0.5, 0.6) is 0 Å². The lowest BCUT2D eigenvalue weighted by molar-refractivity contribution is 0.0944. The van der Waals surface area contributed by atoms with Crippen molar-refractivity contribution in [2.75, 3.05) is 5.32 Å². The van der Waals surface area contributed by atoms with Crippen LogP contribution in [0.3, 0.4) is 0 Å². The quantitative estimate of drug-likeness (QED) is 0.412. The molecule has 0 bridgehead atoms. The number of rotatable bonds is 7. The summed E-state index contributed by atoms with van der Waals surface area (Å²) in [7, 11) is 0. The average molecular weight is 436 g/mol. The molecule has 3 aromatic rings. The van der Waals surface area contributed by atoms with Gasteiger partial charge in [0, 0.05) is 16.7 Å². The smallest absolute Gasteiger partial charge is 0.169 e. The van der Waals surface area contributed by atoms with Gasteiger partial charge in [0.25, 0.3) is 0 Å². The highest BCUT2D eigenvalue weighted by atomic mass is 32.1. The molecule has 1 aromatic carbocycles. The normalized spacial score (nSPS) is 17.8. The third-order valence-corrected chi connectivity index (χ3v) is 8.04. The maximum Gasteiger partial charge on any atom is 0.169 e. The monoisotopic (exact) mass is 435 g/mol. The number of nitrogens with zero attached hydrogens (tertiary/aromatic N) is 2. The van der Waals surface area contributed by atoms with E-state index in [2.05, 4.69) is 74.8 Å². The minimum absolute atomic E-state index is 0.156. The Labute approximate surface area is 189 Å². The molecule has 1 atom stereocenters. The molecule has 164 valence electrons. The summed E-state index contributed by atoms with van der Waals surface area (Å²) in [6, 6.07) is 15.0. The maximum absolute atomic E-state index is 13.8. The molecule has 0 fully saturated rings. The Morgan fingerprint density at radius 1 is 1.19 bits per heavy atom. The van der Waals surface area contributed by atoms with Crippen LogP contribution >= 0.6 is 11.3 Å². The van der Waals surface area contributed by atoms with E-state index in [1.165, 1.54) is 10.4 Å². The molecular weight excluding hydrogens is 402 g/mol. The van der Waals surface area contributed by atoms with Gasteiger partial charge in [-0.1, -0.05) is 50.2 Å². The van der Waals surface area contributed by atoms with Gasteiger partial charge in [-0.3, -0.25) is 4.79 Å². The summed E-state index contributed by atoms with van der Waals surface area (Å²) in [4.78, 5) is 15.1. The standard InChI is InChI=1S/C26H33N3OS/c1-6-26(7-2,19-12-9-8-10-13-19)17-21(30)23-18(3)28-29-24(23)27-20(16-25(29,4)5)22-14-11-15-31-22/h8-15,20,27H,6-7,16-17H2,1-5H3. The van der Waals surface area contributed by atoms with E-state index in [4.69, 9.17) is 5.10 Å². The molecule has 1 aliphatic heterocycles. The topological polar surface area (TPSA) is 46.9 Å². The van der Waals surface area contributed by atoms with Gasteiger partial charge in [0.2, 0.25) is 0 Å². The molecular formula is C26H33N3OS. The van der Waals surface area contributed by atoms with Crippen LogP contribution in [-0.4, -0.2) is 15.6 Å². The fourth-order valence-corrected chi connectivity index (χ4v) is 5.87. The number of hydrogen-bond acceptors (Lipinski definition) is 4. The lowest BCUT2D eigenvalue weighted by Gasteiger charge is -2.38. The molecule has 1 N–H and O–H groups in total. The first-order chi connectivity index (χ1) is 14.8. The predicted molar refractivity (Wildman–Crippen MR) is 129 cm³/mol. The van der Waals surface area contributed by atoms with Crippen LogP contribution in [0, 0.1) is 6.92 Å². The van der Waals surface area contributed by atoms with Crippen LogP contribution < -0.4 is 5.32 Å². The third-order valence-electron chi connectivity index (χ3n) is 7.05. The van der Waals surface area contributed by atoms with E-state index in [-0.39, 0.29) is 22.8 Å². The summed E-state index contributed by atoms with van der Waals surface area (Å²) in [6.45, 7) is 10.8. The number of aryl methyl sites for hydroxylation is 1. The van der Waals surface area contributed by atoms with Gasteiger partial charge < -0.3 is 5.32 Å². The van der Waals surface area contributed by atoms with Gasteiger partial charge in [-0.15, -0.1) is 11.3 Å². The summed E-state index contributed by atoms with van der Waals surface area (Å²) in [6.07, 6.45) is 3.29. The molecule has 1 aliphatic rings. The molecule has 4 nitrogen and oxygen atoms in total. The van der Waals surface area contributed by atoms with Crippen molar-refractivity contribution in [1.29, 1.82) is 0 Å². The molecule has 0 amide bonds. The molecule has 3 heterocycles. The van der Waals surface area contributed by atoms with E-state index in [0.29, 0.717) is 6.42 Å². The van der Waals surface area contributed by atoms with Crippen molar-refractivity contribution in [3.8, 4) is 0 Å². The van der Waals surface area contributed by atoms with Crippen molar-refractivity contribution in [2.24, 2.45) is 0 Å². The van der Waals surface area contributed by atoms with Gasteiger partial charge in [0.1, 0.15) is 5.82 Å². The highest BCUT2D eigenvalue weighted by molar-refractivity contribution is 7.10. The summed E-state index contributed by atoms with van der Waals surface area (Å²) in [5, 5.41) is 10.6. The lowest BCUT2D eigenvalue weighted by Crippen LogP contribution is -2.38. The minimum Gasteiger partial charge on any atom is -0.362 e. The number of nitrogens with one attached hydrogen (secondary N) is 1. The molecule has 2 aromatic heterocycles. The molecule has 0 aliphatic carbocycles. The lowest BCUT2D eigenvalue weighted by atomic mass is 9.71. The van der Waals surface area contributed by atoms with Crippen LogP contribution in [-0.2, 0) is 11.0 Å². The number of carbonyl (C=O) groups is 1. The van der Waals surface area contributed by atoms with Crippen molar-refractivity contribution in [1.82, 2.24) is 9.78 Å². The summed E-state index contributed by atoms with van der Waals surface area (Å²) < 4.78 is 2.04. The Bertz CT molecular complexity index is 1050. The first kappa shape index (κ1) is 21.8. The Kier molecular flexibility index (Phi) is 5.82. The number of anilines is 1. The van der Waals surface area contributed by atoms with Crippen molar-refractivity contribution < 1.29 is 4.79 Å². The largest absolute Gasteiger partial charge is 0.362 e. The SMILES string of the molecule is CCC(CC)(CC(=O)c1c(C)nn2c1NC(c1cccs1)CC2(C)C)c1ccccc1. The molecule has 1 unspecified atom stereocenters. The minimum atomic E-state index is -0.162. The Hall–Kier alpha value is -2.40. The van der Waals surface area contributed by atoms with E-state index in [1.807, 2.05) is 17.7 Å². The van der Waals surface area contributed by atoms with Gasteiger partial charge >= 0.3 is 0 Å². The predicted octanol–water partition coefficient (Wildman–Crippen LogP) is 6.88. The molecule has 0 spiro atoms. The zero-order chi connectivity index (χ0) is 22.2. The van der Waals surface area contributed by atoms with Crippen molar-refractivity contribution >= 4 is 22.9 Å². The Morgan fingerprint density at radius 2 is 1.90 bits per heavy atom. The third kappa shape index (κ3) is 3.84. The average Bonchev–Trinajstić information content (AvgIpc) is 3.40. The molecule has 0 saturated heterocycles. The Morgan fingerprint density at radius 3 is 2.52 bits per heavy atom. The first-order valence-corrected chi connectivity index (χ1v) is 12.2. The number of ketones is 1. The van der Waals surface area contributed by atoms with Crippen LogP contribution in [0.4, 0.5) is 5.82 Å². The molecule has 4 rings (SSSR count). The number of thiophene rings is 1. The number of benzene rings is 1. The second kappa shape index (κ2) is 8.27. The maximum atomic E-state index is 13.8. The van der Waals surface area contributed by atoms with Crippen molar-refractivity contribution in [2.45, 2.75) is 77.3 Å². The van der Waals surface area contributed by atoms with E-state index in [0.717, 1.165) is 36.3 Å². The fourth-order valence-electron chi connectivity index (χ4n) is 5.09. The molecule has 31 heavy (non-hydrogen) atoms. The van der Waals surface area contributed by atoms with Gasteiger partial charge in [-0.2, -0.15) is 5.10 Å². The van der Waals surface area contributed by atoms with E-state index in [1.54, 1.807) is 11.3 Å². The van der Waals surface area contributed by atoms with Gasteiger partial charge in [-0.05, 0) is 57.0 Å². The molecule has 0 radical (unpaired) electrons. The number of hydrogen-bond donors (Lipinski definition) is 1. The zero-order valence-corrected chi connectivity index (χ0v) is 20.1. The van der Waals surface area contributed by atoms with Gasteiger partial charge in [0.15, 0.2) is 5.78 Å². The summed E-state index contributed by atoms with van der Waals surface area (Å²) in [5.74, 6) is 1.06. The number of Topliss-reactive ketones (excluding diaryl/α,β-unsaturated/α-hetero) is 1. The fraction of sp³-hybridized carbons (Fsp3) is 0.462. The van der Waals surface area contributed by atoms with Crippen molar-refractivity contribution in [3.05, 3.63) is 69.5 Å². The number of carbonyl (C=O) groups excluding carboxylic acids is 1. The Balaban J connectivity index is 1.72. The second-order valence-electron chi connectivity index (χ2n) is 9.40. The number of fused-ring (bicyclic) bond motifs is 1. The van der Waals surface area contributed by atoms with Gasteiger partial charge in [-0.25, -0.2) is 4.68 Å². The summed E-state index contributed by atoms with van der Waals surface area (Å²) >= 11 is 1.76. The van der Waals surface area contributed by atoms with E-state index >= 15 is 0 Å². The van der Waals surface area contributed by atoms with E-state index < -0.39 is 0 Å². The molecule has 5 heteroatoms. The van der Waals surface area contributed by atoms with Gasteiger partial charge in [0.05, 0.1) is 22.8 Å². The van der Waals surface area contributed by atoms with Crippen LogP contribution in [0.25, 0.3) is 0 Å². The van der Waals surface area contributed by atoms with E-state index in [9.17, 15) is 4.79 Å². The second-order valence-corrected chi connectivity index (χ2v) is 10.4. The first-order valence-electron chi connectivity index (χ1n) is 11.3.